The summed E-state index contributed by atoms with van der Waals surface area (Å²) in [5.74, 6) is -3.48. The first-order chi connectivity index (χ1) is 18.5. The molecule has 1 aliphatic rings. The number of fused-ring (bicyclic) bond motifs is 1. The number of nitrogens with zero attached hydrogens (tertiary/aromatic N) is 4. The number of pyridine rings is 1. The molecular weight excluding hydrogens is 522 g/mol. The average Bonchev–Trinajstić information content (AvgIpc) is 3.33. The quantitative estimate of drug-likeness (QED) is 0.372. The van der Waals surface area contributed by atoms with Gasteiger partial charge in [-0.15, -0.1) is 4.73 Å². The Morgan fingerprint density at radius 1 is 1.10 bits per heavy atom. The highest BCUT2D eigenvalue weighted by atomic mass is 19.4. The number of carbonyl (C=O) groups excluding carboxylic acids is 1. The molecule has 4 aromatic rings. The van der Waals surface area contributed by atoms with Crippen LogP contribution >= 0.6 is 0 Å². The van der Waals surface area contributed by atoms with E-state index >= 15 is 4.39 Å². The Hall–Kier alpha value is -4.23. The Morgan fingerprint density at radius 3 is 2.54 bits per heavy atom. The number of H-pyrrole nitrogens is 1. The maximum atomic E-state index is 15.0. The summed E-state index contributed by atoms with van der Waals surface area (Å²) < 4.78 is 53.9. The van der Waals surface area contributed by atoms with Gasteiger partial charge in [0.05, 0.1) is 29.4 Å². The fraction of sp³-hybridized carbons (Fsp3) is 0.269. The monoisotopic (exact) mass is 545 g/mol. The van der Waals surface area contributed by atoms with Crippen molar-refractivity contribution in [3.8, 4) is 22.5 Å². The number of piperazine rings is 1. The van der Waals surface area contributed by atoms with E-state index in [-0.39, 0.29) is 32.8 Å². The third-order valence-corrected chi connectivity index (χ3v) is 6.55. The molecule has 9 nitrogen and oxygen atoms in total. The number of halogens is 4. The lowest BCUT2D eigenvalue weighted by molar-refractivity contribution is -0.200. The second kappa shape index (κ2) is 10.2. The van der Waals surface area contributed by atoms with Crippen molar-refractivity contribution in [2.75, 3.05) is 38.1 Å². The Morgan fingerprint density at radius 2 is 1.85 bits per heavy atom. The lowest BCUT2D eigenvalue weighted by atomic mass is 10.0. The summed E-state index contributed by atoms with van der Waals surface area (Å²) in [4.78, 5) is 40.9. The van der Waals surface area contributed by atoms with Gasteiger partial charge in [0.25, 0.3) is 5.56 Å². The van der Waals surface area contributed by atoms with Crippen molar-refractivity contribution in [1.82, 2.24) is 19.6 Å². The maximum absolute atomic E-state index is 15.0. The number of likely N-dealkylation sites (N-methyl/N-ethyl adjacent to an activating group) is 1. The molecule has 0 aliphatic carbocycles. The highest BCUT2D eigenvalue weighted by Gasteiger charge is 2.42. The number of aromatic amines is 1. The van der Waals surface area contributed by atoms with E-state index in [2.05, 4.69) is 24.6 Å². The maximum Gasteiger partial charge on any atom is 0.493 e. The number of hydrogen-bond acceptors (Lipinski definition) is 7. The molecule has 0 amide bonds. The SMILES string of the molecule is CN1CCN(c2ccc3nc(-c4cc(-c5cccc(CO)c5F)cn(OC(=O)C(F)(F)F)c4=O)[nH]c3c2)CC1. The Labute approximate surface area is 218 Å². The van der Waals surface area contributed by atoms with Crippen LogP contribution in [0.4, 0.5) is 23.2 Å². The zero-order valence-electron chi connectivity index (χ0n) is 20.6. The fourth-order valence-electron chi connectivity index (χ4n) is 4.40. The van der Waals surface area contributed by atoms with Gasteiger partial charge in [-0.2, -0.15) is 13.2 Å². The van der Waals surface area contributed by atoms with Crippen molar-refractivity contribution in [3.05, 3.63) is 70.4 Å². The topological polar surface area (TPSA) is 104 Å². The summed E-state index contributed by atoms with van der Waals surface area (Å²) in [6, 6.07) is 10.8. The van der Waals surface area contributed by atoms with E-state index in [1.54, 1.807) is 6.07 Å². The first-order valence-electron chi connectivity index (χ1n) is 11.9. The Balaban J connectivity index is 1.62. The number of hydrogen-bond donors (Lipinski definition) is 2. The second-order valence-electron chi connectivity index (χ2n) is 9.16. The van der Waals surface area contributed by atoms with Gasteiger partial charge in [-0.05, 0) is 31.3 Å². The molecule has 1 saturated heterocycles. The van der Waals surface area contributed by atoms with E-state index in [0.29, 0.717) is 11.0 Å². The molecule has 3 heterocycles. The molecule has 0 radical (unpaired) electrons. The summed E-state index contributed by atoms with van der Waals surface area (Å²) in [6.45, 7) is 2.79. The first kappa shape index (κ1) is 26.4. The van der Waals surface area contributed by atoms with Crippen molar-refractivity contribution < 1.29 is 32.3 Å². The van der Waals surface area contributed by atoms with E-state index < -0.39 is 30.1 Å². The fourth-order valence-corrected chi connectivity index (χ4v) is 4.40. The standard InChI is InChI=1S/C26H23F4N5O4/c1-33-7-9-34(10-8-33)17-5-6-20-21(12-17)32-23(31-20)19-11-16(18-4-2-3-15(14-36)22(18)27)13-35(24(19)37)39-25(38)26(28,29)30/h2-6,11-13,36H,7-10,14H2,1H3,(H,31,32). The number of benzene rings is 2. The molecule has 5 rings (SSSR count). The van der Waals surface area contributed by atoms with Crippen LogP contribution in [0.5, 0.6) is 0 Å². The first-order valence-corrected chi connectivity index (χ1v) is 11.9. The van der Waals surface area contributed by atoms with Crippen LogP contribution in [0.3, 0.4) is 0 Å². The molecule has 2 aromatic carbocycles. The van der Waals surface area contributed by atoms with E-state index in [4.69, 9.17) is 0 Å². The zero-order valence-corrected chi connectivity index (χ0v) is 20.6. The smallest absolute Gasteiger partial charge is 0.392 e. The molecule has 39 heavy (non-hydrogen) atoms. The van der Waals surface area contributed by atoms with Gasteiger partial charge in [0.1, 0.15) is 11.6 Å². The van der Waals surface area contributed by atoms with E-state index in [1.165, 1.54) is 24.3 Å². The molecule has 0 spiro atoms. The van der Waals surface area contributed by atoms with Crippen LogP contribution in [0, 0.1) is 5.82 Å². The van der Waals surface area contributed by atoms with Gasteiger partial charge < -0.3 is 24.7 Å². The average molecular weight is 545 g/mol. The molecule has 1 fully saturated rings. The van der Waals surface area contributed by atoms with Crippen molar-refractivity contribution in [2.24, 2.45) is 0 Å². The minimum atomic E-state index is -5.38. The van der Waals surface area contributed by atoms with Gasteiger partial charge in [-0.25, -0.2) is 14.2 Å². The molecule has 2 aromatic heterocycles. The minimum Gasteiger partial charge on any atom is -0.392 e. The second-order valence-corrected chi connectivity index (χ2v) is 9.16. The van der Waals surface area contributed by atoms with Crippen LogP contribution in [0.2, 0.25) is 0 Å². The molecule has 2 N–H and O–H groups in total. The van der Waals surface area contributed by atoms with E-state index in [1.807, 2.05) is 19.2 Å². The highest BCUT2D eigenvalue weighted by molar-refractivity contribution is 5.83. The van der Waals surface area contributed by atoms with Crippen LogP contribution in [0.15, 0.2) is 53.5 Å². The molecule has 0 atom stereocenters. The van der Waals surface area contributed by atoms with Crippen LogP contribution in [0.1, 0.15) is 5.56 Å². The van der Waals surface area contributed by atoms with Crippen LogP contribution in [0.25, 0.3) is 33.5 Å². The van der Waals surface area contributed by atoms with Crippen LogP contribution in [-0.2, 0) is 11.4 Å². The predicted molar refractivity (Wildman–Crippen MR) is 134 cm³/mol. The lowest BCUT2D eigenvalue weighted by Gasteiger charge is -2.34. The number of anilines is 1. The number of carbonyl (C=O) groups is 1. The van der Waals surface area contributed by atoms with Gasteiger partial charge in [0.2, 0.25) is 0 Å². The van der Waals surface area contributed by atoms with Gasteiger partial charge >= 0.3 is 12.1 Å². The predicted octanol–water partition coefficient (Wildman–Crippen LogP) is 2.96. The number of imidazole rings is 1. The highest BCUT2D eigenvalue weighted by Crippen LogP contribution is 2.29. The summed E-state index contributed by atoms with van der Waals surface area (Å²) in [6.07, 6.45) is -4.60. The van der Waals surface area contributed by atoms with Gasteiger partial charge in [0.15, 0.2) is 0 Å². The van der Waals surface area contributed by atoms with Gasteiger partial charge in [0, 0.05) is 48.6 Å². The number of aliphatic hydroxyl groups is 1. The molecule has 1 aliphatic heterocycles. The van der Waals surface area contributed by atoms with Crippen LogP contribution in [-0.4, -0.2) is 70.1 Å². The molecule has 13 heteroatoms. The zero-order chi connectivity index (χ0) is 27.9. The molecule has 0 bridgehead atoms. The van der Waals surface area contributed by atoms with E-state index in [9.17, 15) is 27.9 Å². The molecular formula is C26H23F4N5O4. The van der Waals surface area contributed by atoms with Gasteiger partial charge in [-0.1, -0.05) is 18.2 Å². The largest absolute Gasteiger partial charge is 0.493 e. The lowest BCUT2D eigenvalue weighted by Crippen LogP contribution is -2.44. The number of alkyl halides is 3. The molecule has 0 saturated carbocycles. The summed E-state index contributed by atoms with van der Waals surface area (Å²) in [5.41, 5.74) is 0.331. The summed E-state index contributed by atoms with van der Waals surface area (Å²) >= 11 is 0. The van der Waals surface area contributed by atoms with Crippen LogP contribution < -0.4 is 15.3 Å². The number of rotatable bonds is 5. The van der Waals surface area contributed by atoms with Gasteiger partial charge in [-0.3, -0.25) is 4.79 Å². The third kappa shape index (κ3) is 5.22. The summed E-state index contributed by atoms with van der Waals surface area (Å²) in [7, 11) is 2.04. The van der Waals surface area contributed by atoms with Crippen molar-refractivity contribution >= 4 is 22.7 Å². The Kier molecular flexibility index (Phi) is 6.87. The Bertz CT molecular complexity index is 1610. The minimum absolute atomic E-state index is 0.0112. The third-order valence-electron chi connectivity index (χ3n) is 6.55. The number of aromatic nitrogens is 3. The van der Waals surface area contributed by atoms with Crippen molar-refractivity contribution in [3.63, 3.8) is 0 Å². The number of nitrogens with one attached hydrogen (secondary N) is 1. The number of aliphatic hydroxyl groups excluding tert-OH is 1. The van der Waals surface area contributed by atoms with Crippen molar-refractivity contribution in [2.45, 2.75) is 12.8 Å². The van der Waals surface area contributed by atoms with Crippen molar-refractivity contribution in [1.29, 1.82) is 0 Å². The molecule has 0 unspecified atom stereocenters. The molecule has 204 valence electrons. The summed E-state index contributed by atoms with van der Waals surface area (Å²) in [5, 5.41) is 9.43. The normalized spacial score (nSPS) is 14.7. The van der Waals surface area contributed by atoms with E-state index in [0.717, 1.165) is 38.1 Å².